The summed E-state index contributed by atoms with van der Waals surface area (Å²) < 4.78 is 0. The van der Waals surface area contributed by atoms with Crippen molar-refractivity contribution >= 4 is 6.03 Å². The van der Waals surface area contributed by atoms with Gasteiger partial charge in [0, 0.05) is 51.4 Å². The Morgan fingerprint density at radius 2 is 1.68 bits per heavy atom. The Labute approximate surface area is 115 Å². The topological polar surface area (TPSA) is 47.6 Å². The fraction of sp³-hybridized carbons (Fsp3) is 0.929. The molecule has 0 spiro atoms. The Balaban J connectivity index is 1.41. The number of nitrogens with one attached hydrogen (secondary N) is 2. The minimum absolute atomic E-state index is 0.165. The molecule has 2 amide bonds. The SMILES string of the molecule is O=C(NC1CCCCC1)N1CCN(C2CNC2)CC1. The molecular weight excluding hydrogens is 240 g/mol. The molecule has 19 heavy (non-hydrogen) atoms. The first kappa shape index (κ1) is 13.2. The number of hydrogen-bond donors (Lipinski definition) is 2. The summed E-state index contributed by atoms with van der Waals surface area (Å²) in [5, 5.41) is 6.53. The second-order valence-electron chi connectivity index (χ2n) is 6.12. The Kier molecular flexibility index (Phi) is 4.23. The van der Waals surface area contributed by atoms with Gasteiger partial charge in [0.2, 0.25) is 0 Å². The molecule has 1 aliphatic carbocycles. The average Bonchev–Trinajstić information content (AvgIpc) is 2.39. The molecule has 3 rings (SSSR count). The van der Waals surface area contributed by atoms with Crippen LogP contribution in [0, 0.1) is 0 Å². The summed E-state index contributed by atoms with van der Waals surface area (Å²) in [6.45, 7) is 6.07. The van der Waals surface area contributed by atoms with Crippen LogP contribution in [0.2, 0.25) is 0 Å². The minimum atomic E-state index is 0.165. The molecule has 5 heteroatoms. The predicted octanol–water partition coefficient (Wildman–Crippen LogP) is 0.618. The van der Waals surface area contributed by atoms with Crippen LogP contribution >= 0.6 is 0 Å². The van der Waals surface area contributed by atoms with Crippen molar-refractivity contribution in [3.05, 3.63) is 0 Å². The Bertz CT molecular complexity index is 305. The lowest BCUT2D eigenvalue weighted by Crippen LogP contribution is -2.62. The van der Waals surface area contributed by atoms with E-state index in [9.17, 15) is 4.79 Å². The number of carbonyl (C=O) groups is 1. The van der Waals surface area contributed by atoms with E-state index in [2.05, 4.69) is 15.5 Å². The average molecular weight is 266 g/mol. The third kappa shape index (κ3) is 3.20. The summed E-state index contributed by atoms with van der Waals surface area (Å²) in [6, 6.07) is 1.30. The van der Waals surface area contributed by atoms with E-state index >= 15 is 0 Å². The second-order valence-corrected chi connectivity index (χ2v) is 6.12. The molecule has 2 heterocycles. The molecule has 5 nitrogen and oxygen atoms in total. The number of nitrogens with zero attached hydrogens (tertiary/aromatic N) is 2. The number of carbonyl (C=O) groups excluding carboxylic acids is 1. The van der Waals surface area contributed by atoms with Crippen molar-refractivity contribution in [2.45, 2.75) is 44.2 Å². The highest BCUT2D eigenvalue weighted by Gasteiger charge is 2.29. The van der Waals surface area contributed by atoms with Gasteiger partial charge < -0.3 is 15.5 Å². The van der Waals surface area contributed by atoms with Crippen LogP contribution in [0.5, 0.6) is 0 Å². The third-order valence-electron chi connectivity index (χ3n) is 4.81. The highest BCUT2D eigenvalue weighted by atomic mass is 16.2. The summed E-state index contributed by atoms with van der Waals surface area (Å²) in [6.07, 6.45) is 6.21. The van der Waals surface area contributed by atoms with Gasteiger partial charge in [-0.2, -0.15) is 0 Å². The van der Waals surface area contributed by atoms with Gasteiger partial charge in [0.05, 0.1) is 0 Å². The van der Waals surface area contributed by atoms with E-state index in [-0.39, 0.29) is 6.03 Å². The zero-order valence-electron chi connectivity index (χ0n) is 11.7. The highest BCUT2D eigenvalue weighted by molar-refractivity contribution is 5.74. The molecular formula is C14H26N4O. The van der Waals surface area contributed by atoms with Gasteiger partial charge in [-0.15, -0.1) is 0 Å². The summed E-state index contributed by atoms with van der Waals surface area (Å²) in [5.74, 6) is 0. The first-order valence-electron chi connectivity index (χ1n) is 7.83. The van der Waals surface area contributed by atoms with Crippen LogP contribution in [-0.2, 0) is 0 Å². The van der Waals surface area contributed by atoms with Crippen LogP contribution in [0.1, 0.15) is 32.1 Å². The molecule has 0 aromatic carbocycles. The van der Waals surface area contributed by atoms with E-state index in [1.54, 1.807) is 0 Å². The van der Waals surface area contributed by atoms with Gasteiger partial charge in [-0.3, -0.25) is 4.90 Å². The lowest BCUT2D eigenvalue weighted by molar-refractivity contribution is 0.0832. The van der Waals surface area contributed by atoms with Crippen molar-refractivity contribution in [3.8, 4) is 0 Å². The Morgan fingerprint density at radius 1 is 1.00 bits per heavy atom. The molecule has 2 saturated heterocycles. The first-order chi connectivity index (χ1) is 9.33. The summed E-state index contributed by atoms with van der Waals surface area (Å²) in [7, 11) is 0. The third-order valence-corrected chi connectivity index (χ3v) is 4.81. The number of hydrogen-bond acceptors (Lipinski definition) is 3. The molecule has 108 valence electrons. The molecule has 0 bridgehead atoms. The fourth-order valence-electron chi connectivity index (χ4n) is 3.33. The van der Waals surface area contributed by atoms with Gasteiger partial charge in [-0.05, 0) is 12.8 Å². The van der Waals surface area contributed by atoms with Crippen LogP contribution in [0.4, 0.5) is 4.79 Å². The van der Waals surface area contributed by atoms with Crippen LogP contribution in [0.3, 0.4) is 0 Å². The lowest BCUT2D eigenvalue weighted by Gasteiger charge is -2.43. The Hall–Kier alpha value is -0.810. The summed E-state index contributed by atoms with van der Waals surface area (Å²) in [5.41, 5.74) is 0. The maximum absolute atomic E-state index is 12.2. The number of piperazine rings is 1. The van der Waals surface area contributed by atoms with Gasteiger partial charge in [-0.25, -0.2) is 4.79 Å². The van der Waals surface area contributed by atoms with E-state index in [0.29, 0.717) is 12.1 Å². The largest absolute Gasteiger partial charge is 0.335 e. The monoisotopic (exact) mass is 266 g/mol. The molecule has 3 aliphatic rings. The van der Waals surface area contributed by atoms with Crippen molar-refractivity contribution in [1.82, 2.24) is 20.4 Å². The number of amides is 2. The van der Waals surface area contributed by atoms with Crippen molar-refractivity contribution in [2.75, 3.05) is 39.3 Å². The molecule has 0 aromatic rings. The van der Waals surface area contributed by atoms with E-state index in [0.717, 1.165) is 39.3 Å². The maximum Gasteiger partial charge on any atom is 0.317 e. The summed E-state index contributed by atoms with van der Waals surface area (Å²) >= 11 is 0. The molecule has 1 saturated carbocycles. The van der Waals surface area contributed by atoms with Gasteiger partial charge in [0.25, 0.3) is 0 Å². The molecule has 0 radical (unpaired) electrons. The van der Waals surface area contributed by atoms with Gasteiger partial charge in [0.15, 0.2) is 0 Å². The van der Waals surface area contributed by atoms with Gasteiger partial charge in [0.1, 0.15) is 0 Å². The van der Waals surface area contributed by atoms with E-state index in [1.807, 2.05) is 4.90 Å². The van der Waals surface area contributed by atoms with Crippen molar-refractivity contribution in [2.24, 2.45) is 0 Å². The first-order valence-corrected chi connectivity index (χ1v) is 7.83. The van der Waals surface area contributed by atoms with Gasteiger partial charge in [-0.1, -0.05) is 19.3 Å². The second kappa shape index (κ2) is 6.09. The zero-order valence-corrected chi connectivity index (χ0v) is 11.7. The standard InChI is InChI=1S/C14H26N4O/c19-14(16-12-4-2-1-3-5-12)18-8-6-17(7-9-18)13-10-15-11-13/h12-13,15H,1-11H2,(H,16,19). The normalized spacial score (nSPS) is 27.1. The van der Waals surface area contributed by atoms with Crippen molar-refractivity contribution < 1.29 is 4.79 Å². The van der Waals surface area contributed by atoms with Crippen LogP contribution in [0.25, 0.3) is 0 Å². The van der Waals surface area contributed by atoms with E-state index < -0.39 is 0 Å². The Morgan fingerprint density at radius 3 is 2.26 bits per heavy atom. The maximum atomic E-state index is 12.2. The quantitative estimate of drug-likeness (QED) is 0.770. The summed E-state index contributed by atoms with van der Waals surface area (Å²) in [4.78, 5) is 16.7. The zero-order chi connectivity index (χ0) is 13.1. The molecule has 3 fully saturated rings. The highest BCUT2D eigenvalue weighted by Crippen LogP contribution is 2.18. The van der Waals surface area contributed by atoms with Crippen LogP contribution in [0.15, 0.2) is 0 Å². The van der Waals surface area contributed by atoms with E-state index in [1.165, 1.54) is 32.1 Å². The fourth-order valence-corrected chi connectivity index (χ4v) is 3.33. The molecule has 0 unspecified atom stereocenters. The van der Waals surface area contributed by atoms with Crippen molar-refractivity contribution in [1.29, 1.82) is 0 Å². The molecule has 2 aliphatic heterocycles. The number of rotatable bonds is 2. The molecule has 0 atom stereocenters. The molecule has 2 N–H and O–H groups in total. The minimum Gasteiger partial charge on any atom is -0.335 e. The van der Waals surface area contributed by atoms with Crippen LogP contribution in [-0.4, -0.2) is 67.2 Å². The van der Waals surface area contributed by atoms with Crippen molar-refractivity contribution in [3.63, 3.8) is 0 Å². The van der Waals surface area contributed by atoms with Crippen LogP contribution < -0.4 is 10.6 Å². The van der Waals surface area contributed by atoms with E-state index in [4.69, 9.17) is 0 Å². The lowest BCUT2D eigenvalue weighted by atomic mass is 9.96. The molecule has 0 aromatic heterocycles. The smallest absolute Gasteiger partial charge is 0.317 e. The predicted molar refractivity (Wildman–Crippen MR) is 75.2 cm³/mol. The van der Waals surface area contributed by atoms with Gasteiger partial charge >= 0.3 is 6.03 Å². The number of urea groups is 1.